The van der Waals surface area contributed by atoms with E-state index in [4.69, 9.17) is 26.4 Å². The molecule has 0 saturated heterocycles. The number of hydrazine groups is 1. The van der Waals surface area contributed by atoms with Crippen molar-refractivity contribution in [1.29, 1.82) is 0 Å². The van der Waals surface area contributed by atoms with Gasteiger partial charge in [0, 0.05) is 29.2 Å². The zero-order chi connectivity index (χ0) is 37.5. The molecule has 0 radical (unpaired) electrons. The van der Waals surface area contributed by atoms with E-state index in [9.17, 15) is 32.8 Å². The molecule has 2 aromatic carbocycles. The van der Waals surface area contributed by atoms with Crippen LogP contribution in [0.15, 0.2) is 53.3 Å². The predicted octanol–water partition coefficient (Wildman–Crippen LogP) is 0.137. The van der Waals surface area contributed by atoms with E-state index in [1.54, 1.807) is 57.2 Å². The van der Waals surface area contributed by atoms with Crippen molar-refractivity contribution in [2.45, 2.75) is 62.1 Å². The maximum atomic E-state index is 13.6. The molecule has 0 aliphatic carbocycles. The SMILES string of the molecule is C.CC(=O)[O-].CCOC(=O)C(=O)C(C)C(=O)OCC.CCOC(=O)c1[nH]n(Cc2ccccc2F)c(=O)c1C.Fc1ccccc1CNNCl.[Na+]. The van der Waals surface area contributed by atoms with E-state index < -0.39 is 41.4 Å². The van der Waals surface area contributed by atoms with Crippen molar-refractivity contribution in [3.8, 4) is 0 Å². The van der Waals surface area contributed by atoms with Gasteiger partial charge in [-0.1, -0.05) is 43.8 Å². The minimum Gasteiger partial charge on any atom is -0.550 e. The van der Waals surface area contributed by atoms with E-state index in [1.165, 1.54) is 30.7 Å². The number of halogens is 3. The molecule has 1 heterocycles. The van der Waals surface area contributed by atoms with E-state index in [0.717, 1.165) is 6.92 Å². The summed E-state index contributed by atoms with van der Waals surface area (Å²) in [5.41, 5.74) is 3.54. The van der Waals surface area contributed by atoms with Crippen molar-refractivity contribution < 1.29 is 81.6 Å². The zero-order valence-corrected chi connectivity index (χ0v) is 31.7. The fourth-order valence-electron chi connectivity index (χ4n) is 3.41. The smallest absolute Gasteiger partial charge is 0.550 e. The van der Waals surface area contributed by atoms with Gasteiger partial charge in [-0.15, -0.1) is 0 Å². The van der Waals surface area contributed by atoms with Gasteiger partial charge in [-0.05, 0) is 65.5 Å². The van der Waals surface area contributed by atoms with Crippen LogP contribution in [0.5, 0.6) is 0 Å². The molecule has 14 nitrogen and oxygen atoms in total. The Balaban J connectivity index is -0.000000656. The number of aromatic amines is 1. The number of Topliss-reactive ketones (excluding diaryl/α,β-unsaturated/α-hetero) is 1. The molecule has 51 heavy (non-hydrogen) atoms. The number of carboxylic acids is 1. The normalized spacial score (nSPS) is 9.98. The number of carbonyl (C=O) groups is 5. The second-order valence-electron chi connectivity index (χ2n) is 9.40. The summed E-state index contributed by atoms with van der Waals surface area (Å²) in [6, 6.07) is 12.7. The van der Waals surface area contributed by atoms with E-state index in [2.05, 4.69) is 24.9 Å². The fourth-order valence-corrected chi connectivity index (χ4v) is 3.48. The monoisotopic (exact) mass is 752 g/mol. The number of aromatic nitrogens is 2. The van der Waals surface area contributed by atoms with Gasteiger partial charge in [-0.25, -0.2) is 28.5 Å². The predicted molar refractivity (Wildman–Crippen MR) is 178 cm³/mol. The topological polar surface area (TPSA) is 198 Å². The fraction of sp³-hybridized carbons (Fsp3) is 0.394. The van der Waals surface area contributed by atoms with Gasteiger partial charge in [-0.3, -0.25) is 19.5 Å². The number of hydrogen-bond acceptors (Lipinski definition) is 12. The molecule has 3 rings (SSSR count). The summed E-state index contributed by atoms with van der Waals surface area (Å²) < 4.78 is 41.5. The first-order valence-corrected chi connectivity index (χ1v) is 15.1. The van der Waals surface area contributed by atoms with Crippen molar-refractivity contribution in [3.05, 3.63) is 92.9 Å². The molecule has 0 fully saturated rings. The molecule has 0 aliphatic heterocycles. The number of carboxylic acid groups (broad SMARTS) is 1. The van der Waals surface area contributed by atoms with E-state index in [0.29, 0.717) is 17.7 Å². The Morgan fingerprint density at radius 3 is 1.82 bits per heavy atom. The Labute approximate surface area is 322 Å². The average molecular weight is 753 g/mol. The second-order valence-corrected chi connectivity index (χ2v) is 9.59. The summed E-state index contributed by atoms with van der Waals surface area (Å²) in [4.78, 5) is 67.9. The van der Waals surface area contributed by atoms with Crippen molar-refractivity contribution >= 4 is 41.4 Å². The third-order valence-corrected chi connectivity index (χ3v) is 5.90. The minimum atomic E-state index is -1.09. The molecule has 1 atom stereocenters. The van der Waals surface area contributed by atoms with Crippen LogP contribution < -0.4 is 50.6 Å². The Morgan fingerprint density at radius 2 is 1.37 bits per heavy atom. The number of nitrogens with zero attached hydrogens (tertiary/aromatic N) is 1. The molecule has 278 valence electrons. The Bertz CT molecular complexity index is 1580. The van der Waals surface area contributed by atoms with Crippen LogP contribution in [0.2, 0.25) is 0 Å². The van der Waals surface area contributed by atoms with Crippen molar-refractivity contribution in [1.82, 2.24) is 20.2 Å². The number of benzene rings is 2. The van der Waals surface area contributed by atoms with E-state index in [-0.39, 0.29) is 86.0 Å². The summed E-state index contributed by atoms with van der Waals surface area (Å²) in [5, 5.41) is 11.6. The first-order chi connectivity index (χ1) is 23.2. The molecule has 18 heteroatoms. The number of esters is 3. The van der Waals surface area contributed by atoms with Gasteiger partial charge in [0.2, 0.25) is 0 Å². The number of rotatable bonds is 12. The number of carbonyl (C=O) groups excluding carboxylic acids is 5. The largest absolute Gasteiger partial charge is 1.00 e. The Kier molecular flexibility index (Phi) is 29.0. The minimum absolute atomic E-state index is 0. The van der Waals surface area contributed by atoms with Crippen LogP contribution in [0.3, 0.4) is 0 Å². The van der Waals surface area contributed by atoms with Gasteiger partial charge in [0.05, 0.1) is 26.4 Å². The third kappa shape index (κ3) is 19.9. The number of hydrogen-bond donors (Lipinski definition) is 3. The number of H-pyrrole nitrogens is 1. The van der Waals surface area contributed by atoms with Crippen LogP contribution in [-0.4, -0.2) is 59.3 Å². The van der Waals surface area contributed by atoms with Gasteiger partial charge in [-0.2, -0.15) is 4.94 Å². The number of aliphatic carboxylic acids is 1. The summed E-state index contributed by atoms with van der Waals surface area (Å²) in [6.07, 6.45) is 0. The Hall–Kier alpha value is -3.93. The van der Waals surface area contributed by atoms with E-state index in [1.807, 2.05) is 0 Å². The maximum Gasteiger partial charge on any atom is 1.00 e. The molecule has 3 N–H and O–H groups in total. The number of nitrogens with one attached hydrogen (secondary N) is 3. The molecule has 0 saturated carbocycles. The van der Waals surface area contributed by atoms with Crippen LogP contribution >= 0.6 is 11.8 Å². The van der Waals surface area contributed by atoms with Crippen LogP contribution in [0, 0.1) is 24.5 Å². The molecule has 0 spiro atoms. The van der Waals surface area contributed by atoms with Gasteiger partial charge in [0.1, 0.15) is 23.2 Å². The molecular formula is C33H44ClF2N4NaO10. The van der Waals surface area contributed by atoms with Gasteiger partial charge < -0.3 is 24.1 Å². The zero-order valence-electron chi connectivity index (χ0n) is 28.9. The second kappa shape index (κ2) is 28.7. The summed E-state index contributed by atoms with van der Waals surface area (Å²) in [6.45, 7) is 9.63. The van der Waals surface area contributed by atoms with Crippen LogP contribution in [0.25, 0.3) is 0 Å². The molecule has 0 amide bonds. The summed E-state index contributed by atoms with van der Waals surface area (Å²) in [7, 11) is 0. The molecular weight excluding hydrogens is 709 g/mol. The van der Waals surface area contributed by atoms with Crippen LogP contribution in [0.1, 0.15) is 69.2 Å². The van der Waals surface area contributed by atoms with Crippen molar-refractivity contribution in [2.75, 3.05) is 19.8 Å². The van der Waals surface area contributed by atoms with Gasteiger partial charge in [0.25, 0.3) is 11.3 Å². The van der Waals surface area contributed by atoms with Crippen LogP contribution in [-0.2, 0) is 46.5 Å². The Morgan fingerprint density at radius 1 is 0.902 bits per heavy atom. The van der Waals surface area contributed by atoms with Crippen molar-refractivity contribution in [2.24, 2.45) is 5.92 Å². The maximum absolute atomic E-state index is 13.6. The molecule has 1 unspecified atom stereocenters. The first-order valence-electron chi connectivity index (χ1n) is 14.7. The van der Waals surface area contributed by atoms with Gasteiger partial charge in [0.15, 0.2) is 0 Å². The van der Waals surface area contributed by atoms with Crippen molar-refractivity contribution in [3.63, 3.8) is 0 Å². The standard InChI is InChI=1S/C14H15FN2O3.C9H14O5.C7H8ClFN2.C2H4O2.CH4.Na/c1-3-20-14(19)12-9(2)13(18)17(16-12)8-10-6-4-5-7-11(10)15;1-4-13-8(11)6(3)7(10)9(12)14-5-2;8-11-10-5-6-3-1-2-4-7(6)9;1-2(3)4;;/h4-7,16H,3,8H2,1-2H3;6H,4-5H2,1-3H3;1-4,10-11H,5H2;1H3,(H,3,4);1H4;/q;;;;;+1/p-1. The van der Waals surface area contributed by atoms with Gasteiger partial charge >= 0.3 is 47.5 Å². The molecule has 3 aromatic rings. The van der Waals surface area contributed by atoms with Crippen LogP contribution in [0.4, 0.5) is 8.78 Å². The third-order valence-electron chi connectivity index (χ3n) is 5.77. The average Bonchev–Trinajstić information content (AvgIpc) is 3.34. The first kappa shape index (κ1) is 51.4. The van der Waals surface area contributed by atoms with E-state index >= 15 is 0 Å². The number of ketones is 1. The quantitative estimate of drug-likeness (QED) is 0.0431. The summed E-state index contributed by atoms with van der Waals surface area (Å²) >= 11 is 5.12. The molecule has 0 aliphatic rings. The molecule has 1 aromatic heterocycles. The molecule has 0 bridgehead atoms. The number of ether oxygens (including phenoxy) is 3. The summed E-state index contributed by atoms with van der Waals surface area (Å²) in [5.74, 6) is -5.96.